The lowest BCUT2D eigenvalue weighted by Crippen LogP contribution is -2.36. The van der Waals surface area contributed by atoms with Crippen molar-refractivity contribution in [1.82, 2.24) is 20.2 Å². The Morgan fingerprint density at radius 1 is 1.05 bits per heavy atom. The Kier molecular flexibility index (Phi) is 9.19. The van der Waals surface area contributed by atoms with Crippen molar-refractivity contribution < 1.29 is 28.9 Å². The number of aliphatic hydroxyl groups excluding tert-OH is 2. The van der Waals surface area contributed by atoms with E-state index in [1.807, 2.05) is 43.3 Å². The van der Waals surface area contributed by atoms with Crippen LogP contribution in [0, 0.1) is 9.39 Å². The number of aromatic amines is 1. The summed E-state index contributed by atoms with van der Waals surface area (Å²) < 4.78 is 21.0. The second-order valence-corrected chi connectivity index (χ2v) is 11.4. The largest absolute Gasteiger partial charge is 0.486 e. The number of aliphatic hydroxyl groups is 2. The van der Waals surface area contributed by atoms with E-state index in [0.29, 0.717) is 28.4 Å². The number of imide groups is 1. The first-order chi connectivity index (χ1) is 20.3. The van der Waals surface area contributed by atoms with Gasteiger partial charge in [-0.05, 0) is 70.0 Å². The molecule has 9 nitrogen and oxygen atoms in total. The van der Waals surface area contributed by atoms with Gasteiger partial charge in [0.15, 0.2) is 0 Å². The van der Waals surface area contributed by atoms with E-state index in [-0.39, 0.29) is 31.5 Å². The normalized spacial score (nSPS) is 16.5. The molecule has 0 saturated carbocycles. The number of hydrogen-bond donors (Lipinski definition) is 4. The minimum Gasteiger partial charge on any atom is -0.486 e. The minimum atomic E-state index is -0.890. The molecule has 5 rings (SSSR count). The summed E-state index contributed by atoms with van der Waals surface area (Å²) in [7, 11) is 0. The molecule has 3 atom stereocenters. The van der Waals surface area contributed by atoms with Gasteiger partial charge in [0.25, 0.3) is 5.91 Å². The number of ether oxygens (including phenoxy) is 1. The van der Waals surface area contributed by atoms with Crippen LogP contribution in [0.1, 0.15) is 41.8 Å². The lowest BCUT2D eigenvalue weighted by atomic mass is 9.86. The molecule has 4 N–H and O–H groups in total. The van der Waals surface area contributed by atoms with Crippen LogP contribution in [-0.2, 0) is 4.79 Å². The summed E-state index contributed by atoms with van der Waals surface area (Å²) in [5.41, 5.74) is 2.46. The first kappa shape index (κ1) is 29.7. The third-order valence-electron chi connectivity index (χ3n) is 7.43. The number of H-pyrrole nitrogens is 1. The van der Waals surface area contributed by atoms with Crippen molar-refractivity contribution in [2.24, 2.45) is 0 Å². The van der Waals surface area contributed by atoms with E-state index in [9.17, 15) is 24.2 Å². The Bertz CT molecular complexity index is 1540. The van der Waals surface area contributed by atoms with E-state index in [2.05, 4.69) is 37.9 Å². The van der Waals surface area contributed by atoms with Crippen molar-refractivity contribution in [3.63, 3.8) is 0 Å². The van der Waals surface area contributed by atoms with Gasteiger partial charge in [-0.2, -0.15) is 0 Å². The van der Waals surface area contributed by atoms with Crippen LogP contribution in [0.3, 0.4) is 0 Å². The number of carbonyl (C=O) groups excluding carboxylic acids is 2. The summed E-state index contributed by atoms with van der Waals surface area (Å²) in [5.74, 6) is -0.387. The summed E-state index contributed by atoms with van der Waals surface area (Å²) in [6, 6.07) is 19.8. The number of benzene rings is 3. The Morgan fingerprint density at radius 2 is 1.76 bits per heavy atom. The molecular formula is C31H30FIN4O5. The first-order valence-corrected chi connectivity index (χ1v) is 14.5. The van der Waals surface area contributed by atoms with E-state index < -0.39 is 30.0 Å². The predicted molar refractivity (Wildman–Crippen MR) is 162 cm³/mol. The Morgan fingerprint density at radius 3 is 2.43 bits per heavy atom. The molecule has 4 aromatic rings. The van der Waals surface area contributed by atoms with E-state index >= 15 is 0 Å². The number of urea groups is 1. The lowest BCUT2D eigenvalue weighted by Gasteiger charge is -2.26. The van der Waals surface area contributed by atoms with Crippen LogP contribution in [0.5, 0.6) is 5.75 Å². The van der Waals surface area contributed by atoms with Gasteiger partial charge in [0.05, 0.1) is 25.1 Å². The van der Waals surface area contributed by atoms with E-state index in [0.717, 1.165) is 9.13 Å². The first-order valence-electron chi connectivity index (χ1n) is 13.4. The highest BCUT2D eigenvalue weighted by atomic mass is 127. The van der Waals surface area contributed by atoms with Gasteiger partial charge in [0.2, 0.25) is 0 Å². The van der Waals surface area contributed by atoms with Crippen molar-refractivity contribution in [3.05, 3.63) is 105 Å². The van der Waals surface area contributed by atoms with Crippen molar-refractivity contribution in [2.75, 3.05) is 19.8 Å². The van der Waals surface area contributed by atoms with Gasteiger partial charge in [-0.1, -0.05) is 49.4 Å². The highest BCUT2D eigenvalue weighted by Gasteiger charge is 2.41. The maximum atomic E-state index is 14.7. The number of imidazole rings is 1. The van der Waals surface area contributed by atoms with E-state index in [1.165, 1.54) is 11.0 Å². The number of halogens is 2. The number of amides is 3. The third-order valence-corrected chi connectivity index (χ3v) is 8.10. The molecule has 2 heterocycles. The molecule has 0 radical (unpaired) electrons. The molecule has 218 valence electrons. The van der Waals surface area contributed by atoms with Crippen LogP contribution in [0.4, 0.5) is 9.18 Å². The fourth-order valence-electron chi connectivity index (χ4n) is 5.02. The van der Waals surface area contributed by atoms with Crippen LogP contribution in [0.15, 0.2) is 79.0 Å². The molecule has 42 heavy (non-hydrogen) atoms. The molecule has 1 aliphatic heterocycles. The molecule has 1 fully saturated rings. The van der Waals surface area contributed by atoms with Crippen molar-refractivity contribution in [3.8, 4) is 17.0 Å². The minimum absolute atomic E-state index is 0.0508. The van der Waals surface area contributed by atoms with E-state index in [1.54, 1.807) is 36.5 Å². The zero-order valence-corrected chi connectivity index (χ0v) is 24.9. The number of nitrogens with one attached hydrogen (secondary N) is 2. The van der Waals surface area contributed by atoms with Gasteiger partial charge in [-0.3, -0.25) is 9.69 Å². The topological polar surface area (TPSA) is 128 Å². The quantitative estimate of drug-likeness (QED) is 0.134. The third kappa shape index (κ3) is 6.32. The summed E-state index contributed by atoms with van der Waals surface area (Å²) in [6.45, 7) is 1.37. The summed E-state index contributed by atoms with van der Waals surface area (Å²) in [5, 5.41) is 21.3. The fraction of sp³-hybridized carbons (Fsp3) is 0.258. The Balaban J connectivity index is 1.40. The Labute approximate surface area is 255 Å². The van der Waals surface area contributed by atoms with Gasteiger partial charge in [0.1, 0.15) is 29.5 Å². The maximum Gasteiger partial charge on any atom is 0.325 e. The molecule has 3 aromatic carbocycles. The summed E-state index contributed by atoms with van der Waals surface area (Å²) in [6.07, 6.45) is 0.814. The number of aromatic nitrogens is 2. The van der Waals surface area contributed by atoms with Crippen LogP contribution < -0.4 is 10.1 Å². The molecule has 3 amide bonds. The number of rotatable bonds is 11. The number of hydrogen-bond acceptors (Lipinski definition) is 6. The van der Waals surface area contributed by atoms with Crippen LogP contribution in [-0.4, -0.2) is 62.9 Å². The Hall–Kier alpha value is -3.81. The average molecular weight is 685 g/mol. The van der Waals surface area contributed by atoms with Crippen LogP contribution >= 0.6 is 22.6 Å². The summed E-state index contributed by atoms with van der Waals surface area (Å²) in [4.78, 5) is 35.7. The standard InChI is InChI=1S/C31H30FIN4O5/c1-18(19-5-3-2-4-6-19)25(29-34-14-27(35-29)24-12-9-21(33)13-26(24)32)15-37-30(40)28(36-31(37)41)20-7-10-22(11-8-20)42-23(16-38)17-39/h2-14,18,23,25,28,38-39H,15-17H2,1H3,(H,34,35)(H,36,41)/t18-,25?,28+/m0/s1. The number of carbonyl (C=O) groups is 2. The number of nitrogens with zero attached hydrogens (tertiary/aromatic N) is 2. The van der Waals surface area contributed by atoms with Gasteiger partial charge in [0, 0.05) is 21.6 Å². The SMILES string of the molecule is C[C@@H](c1ccccc1)C(CN1C(=O)N[C@H](c2ccc(OC(CO)CO)cc2)C1=O)c1ncc(-c2ccc(I)cc2F)[nH]1. The van der Waals surface area contributed by atoms with Gasteiger partial charge >= 0.3 is 6.03 Å². The van der Waals surface area contributed by atoms with Crippen LogP contribution in [0.2, 0.25) is 0 Å². The zero-order chi connectivity index (χ0) is 29.8. The molecule has 1 aromatic heterocycles. The highest BCUT2D eigenvalue weighted by Crippen LogP contribution is 2.35. The van der Waals surface area contributed by atoms with Crippen molar-refractivity contribution in [2.45, 2.75) is 30.9 Å². The molecule has 0 bridgehead atoms. The lowest BCUT2D eigenvalue weighted by molar-refractivity contribution is -0.127. The average Bonchev–Trinajstić information content (AvgIpc) is 3.59. The predicted octanol–water partition coefficient (Wildman–Crippen LogP) is 4.73. The molecule has 1 aliphatic rings. The van der Waals surface area contributed by atoms with Gasteiger partial charge in [-0.15, -0.1) is 0 Å². The summed E-state index contributed by atoms with van der Waals surface area (Å²) >= 11 is 2.05. The monoisotopic (exact) mass is 684 g/mol. The van der Waals surface area contributed by atoms with Gasteiger partial charge in [-0.25, -0.2) is 14.2 Å². The van der Waals surface area contributed by atoms with Crippen molar-refractivity contribution >= 4 is 34.5 Å². The van der Waals surface area contributed by atoms with Crippen molar-refractivity contribution in [1.29, 1.82) is 0 Å². The molecular weight excluding hydrogens is 654 g/mol. The molecule has 0 spiro atoms. The molecule has 11 heteroatoms. The molecule has 1 saturated heterocycles. The highest BCUT2D eigenvalue weighted by molar-refractivity contribution is 14.1. The fourth-order valence-corrected chi connectivity index (χ4v) is 5.47. The maximum absolute atomic E-state index is 14.7. The second-order valence-electron chi connectivity index (χ2n) is 10.1. The zero-order valence-electron chi connectivity index (χ0n) is 22.7. The smallest absolute Gasteiger partial charge is 0.325 e. The van der Waals surface area contributed by atoms with Gasteiger partial charge < -0.3 is 25.3 Å². The second kappa shape index (κ2) is 13.0. The van der Waals surface area contributed by atoms with Crippen LogP contribution in [0.25, 0.3) is 11.3 Å². The van der Waals surface area contributed by atoms with E-state index in [4.69, 9.17) is 4.74 Å². The molecule has 0 aliphatic carbocycles. The molecule has 1 unspecified atom stereocenters.